The fourth-order valence-corrected chi connectivity index (χ4v) is 1.90. The quantitative estimate of drug-likeness (QED) is 0.638. The van der Waals surface area contributed by atoms with Crippen molar-refractivity contribution in [1.82, 2.24) is 19.9 Å². The predicted octanol–water partition coefficient (Wildman–Crippen LogP) is 1.91. The second-order valence-corrected chi connectivity index (χ2v) is 4.31. The Balaban J connectivity index is 2.17. The maximum atomic E-state index is 12.7. The van der Waals surface area contributed by atoms with Crippen molar-refractivity contribution in [2.45, 2.75) is 6.18 Å². The van der Waals surface area contributed by atoms with Gasteiger partial charge >= 0.3 is 6.18 Å². The Hall–Kier alpha value is -2.84. The van der Waals surface area contributed by atoms with Gasteiger partial charge in [0.25, 0.3) is 5.56 Å². The van der Waals surface area contributed by atoms with E-state index in [1.165, 1.54) is 12.1 Å². The summed E-state index contributed by atoms with van der Waals surface area (Å²) in [7, 11) is 0. The average Bonchev–Trinajstić information content (AvgIpc) is 2.82. The first-order valence-corrected chi connectivity index (χ1v) is 5.78. The number of nitrogen functional groups attached to an aromatic ring is 1. The standard InChI is InChI=1S/C12H8F3N5O/c13-12(14,15)6-3-1-2-5(4-6)8-17-7-9(18-8)19-11(16)20-10(7)21/h1-4H,(H4,16,17,18,19,20,21). The smallest absolute Gasteiger partial charge is 0.369 e. The number of benzene rings is 1. The van der Waals surface area contributed by atoms with Crippen LogP contribution in [0.1, 0.15) is 5.56 Å². The summed E-state index contributed by atoms with van der Waals surface area (Å²) in [5.41, 5.74) is 4.33. The molecule has 0 aliphatic rings. The number of anilines is 1. The molecule has 0 radical (unpaired) electrons. The number of hydrogen-bond acceptors (Lipinski definition) is 4. The molecular weight excluding hydrogens is 287 g/mol. The molecule has 21 heavy (non-hydrogen) atoms. The highest BCUT2D eigenvalue weighted by molar-refractivity contribution is 5.75. The van der Waals surface area contributed by atoms with E-state index in [4.69, 9.17) is 5.73 Å². The normalized spacial score (nSPS) is 12.0. The molecule has 0 aliphatic heterocycles. The highest BCUT2D eigenvalue weighted by atomic mass is 19.4. The third-order valence-electron chi connectivity index (χ3n) is 2.84. The number of alkyl halides is 3. The van der Waals surface area contributed by atoms with Gasteiger partial charge in [-0.1, -0.05) is 12.1 Å². The molecule has 108 valence electrons. The summed E-state index contributed by atoms with van der Waals surface area (Å²) in [5, 5.41) is 0. The molecule has 0 bridgehead atoms. The van der Waals surface area contributed by atoms with Gasteiger partial charge in [-0.3, -0.25) is 9.78 Å². The monoisotopic (exact) mass is 295 g/mol. The summed E-state index contributed by atoms with van der Waals surface area (Å²) in [6.45, 7) is 0. The molecule has 0 unspecified atom stereocenters. The molecule has 0 saturated heterocycles. The first kappa shape index (κ1) is 13.2. The Morgan fingerprint density at radius 2 is 1.90 bits per heavy atom. The molecule has 0 aliphatic carbocycles. The highest BCUT2D eigenvalue weighted by Crippen LogP contribution is 2.31. The van der Waals surface area contributed by atoms with Gasteiger partial charge in [0.05, 0.1) is 5.56 Å². The molecule has 0 spiro atoms. The molecule has 3 aromatic rings. The Morgan fingerprint density at radius 3 is 2.62 bits per heavy atom. The third-order valence-corrected chi connectivity index (χ3v) is 2.84. The van der Waals surface area contributed by atoms with Crippen LogP contribution in [0.3, 0.4) is 0 Å². The molecule has 2 aromatic heterocycles. The maximum Gasteiger partial charge on any atom is 0.416 e. The van der Waals surface area contributed by atoms with Crippen LogP contribution in [0.15, 0.2) is 29.1 Å². The van der Waals surface area contributed by atoms with E-state index in [1.807, 2.05) is 0 Å². The Morgan fingerprint density at radius 1 is 1.14 bits per heavy atom. The number of fused-ring (bicyclic) bond motifs is 1. The summed E-state index contributed by atoms with van der Waals surface area (Å²) >= 11 is 0. The summed E-state index contributed by atoms with van der Waals surface area (Å²) in [6, 6.07) is 4.60. The van der Waals surface area contributed by atoms with Crippen LogP contribution in [0, 0.1) is 0 Å². The molecule has 2 heterocycles. The van der Waals surface area contributed by atoms with Gasteiger partial charge in [0, 0.05) is 5.56 Å². The number of halogens is 3. The SMILES string of the molecule is Nc1nc2nc(-c3cccc(C(F)(F)F)c3)[nH]c2c(=O)[nH]1. The van der Waals surface area contributed by atoms with Crippen LogP contribution in [0.4, 0.5) is 19.1 Å². The van der Waals surface area contributed by atoms with Crippen LogP contribution < -0.4 is 11.3 Å². The second kappa shape index (κ2) is 4.33. The van der Waals surface area contributed by atoms with Crippen LogP contribution in [0.5, 0.6) is 0 Å². The van der Waals surface area contributed by atoms with E-state index in [2.05, 4.69) is 19.9 Å². The zero-order valence-corrected chi connectivity index (χ0v) is 10.3. The molecule has 4 N–H and O–H groups in total. The lowest BCUT2D eigenvalue weighted by Crippen LogP contribution is -2.10. The summed E-state index contributed by atoms with van der Waals surface area (Å²) in [4.78, 5) is 24.4. The molecule has 9 heteroatoms. The minimum atomic E-state index is -4.46. The lowest BCUT2D eigenvalue weighted by atomic mass is 10.1. The topological polar surface area (TPSA) is 100 Å². The fourth-order valence-electron chi connectivity index (χ4n) is 1.90. The van der Waals surface area contributed by atoms with E-state index >= 15 is 0 Å². The van der Waals surface area contributed by atoms with Gasteiger partial charge in [0.2, 0.25) is 5.95 Å². The zero-order chi connectivity index (χ0) is 15.2. The minimum Gasteiger partial charge on any atom is -0.369 e. The van der Waals surface area contributed by atoms with Crippen molar-refractivity contribution in [1.29, 1.82) is 0 Å². The van der Waals surface area contributed by atoms with Gasteiger partial charge in [-0.15, -0.1) is 0 Å². The average molecular weight is 295 g/mol. The van der Waals surface area contributed by atoms with Crippen molar-refractivity contribution in [3.8, 4) is 11.4 Å². The van der Waals surface area contributed by atoms with Crippen LogP contribution in [-0.2, 0) is 6.18 Å². The number of H-pyrrole nitrogens is 2. The van der Waals surface area contributed by atoms with Crippen LogP contribution in [-0.4, -0.2) is 19.9 Å². The van der Waals surface area contributed by atoms with Gasteiger partial charge in [0.1, 0.15) is 5.82 Å². The Bertz CT molecular complexity index is 880. The molecule has 0 fully saturated rings. The summed E-state index contributed by atoms with van der Waals surface area (Å²) < 4.78 is 38.1. The number of hydrogen-bond donors (Lipinski definition) is 3. The van der Waals surface area contributed by atoms with Crippen molar-refractivity contribution >= 4 is 17.1 Å². The van der Waals surface area contributed by atoms with Crippen LogP contribution in [0.2, 0.25) is 0 Å². The molecule has 1 aromatic carbocycles. The Labute approximate surface area is 114 Å². The number of nitrogens with zero attached hydrogens (tertiary/aromatic N) is 2. The molecular formula is C12H8F3N5O. The number of rotatable bonds is 1. The predicted molar refractivity (Wildman–Crippen MR) is 69.4 cm³/mol. The first-order valence-electron chi connectivity index (χ1n) is 5.78. The third kappa shape index (κ3) is 2.33. The van der Waals surface area contributed by atoms with Gasteiger partial charge in [0.15, 0.2) is 11.2 Å². The van der Waals surface area contributed by atoms with E-state index in [1.54, 1.807) is 0 Å². The van der Waals surface area contributed by atoms with Crippen LogP contribution in [0.25, 0.3) is 22.6 Å². The molecule has 6 nitrogen and oxygen atoms in total. The number of nitrogens with one attached hydrogen (secondary N) is 2. The van der Waals surface area contributed by atoms with Crippen molar-refractivity contribution < 1.29 is 13.2 Å². The number of aromatic amines is 2. The van der Waals surface area contributed by atoms with E-state index in [0.717, 1.165) is 12.1 Å². The lowest BCUT2D eigenvalue weighted by Gasteiger charge is -2.07. The van der Waals surface area contributed by atoms with Gasteiger partial charge < -0.3 is 10.7 Å². The number of nitrogens with two attached hydrogens (primary N) is 1. The van der Waals surface area contributed by atoms with E-state index < -0.39 is 17.3 Å². The van der Waals surface area contributed by atoms with E-state index in [9.17, 15) is 18.0 Å². The van der Waals surface area contributed by atoms with Crippen molar-refractivity contribution in [2.24, 2.45) is 0 Å². The van der Waals surface area contributed by atoms with E-state index in [-0.39, 0.29) is 28.5 Å². The van der Waals surface area contributed by atoms with Crippen molar-refractivity contribution in [2.75, 3.05) is 5.73 Å². The summed E-state index contributed by atoms with van der Waals surface area (Å²) in [6.07, 6.45) is -4.46. The molecule has 0 amide bonds. The van der Waals surface area contributed by atoms with Gasteiger partial charge in [-0.2, -0.15) is 18.2 Å². The van der Waals surface area contributed by atoms with Crippen molar-refractivity contribution in [3.63, 3.8) is 0 Å². The molecule has 0 atom stereocenters. The first-order chi connectivity index (χ1) is 9.84. The molecule has 3 rings (SSSR count). The largest absolute Gasteiger partial charge is 0.416 e. The number of aromatic nitrogens is 4. The fraction of sp³-hybridized carbons (Fsp3) is 0.0833. The number of imidazole rings is 1. The van der Waals surface area contributed by atoms with E-state index in [0.29, 0.717) is 0 Å². The van der Waals surface area contributed by atoms with Crippen molar-refractivity contribution in [3.05, 3.63) is 40.2 Å². The molecule has 0 saturated carbocycles. The van der Waals surface area contributed by atoms with Crippen LogP contribution >= 0.6 is 0 Å². The zero-order valence-electron chi connectivity index (χ0n) is 10.3. The van der Waals surface area contributed by atoms with Gasteiger partial charge in [-0.25, -0.2) is 4.98 Å². The lowest BCUT2D eigenvalue weighted by molar-refractivity contribution is -0.137. The second-order valence-electron chi connectivity index (χ2n) is 4.31. The maximum absolute atomic E-state index is 12.7. The van der Waals surface area contributed by atoms with Gasteiger partial charge in [-0.05, 0) is 12.1 Å². The highest BCUT2D eigenvalue weighted by Gasteiger charge is 2.30. The Kier molecular flexibility index (Phi) is 2.71. The minimum absolute atomic E-state index is 0.0451. The summed E-state index contributed by atoms with van der Waals surface area (Å²) in [5.74, 6) is -0.00528.